The molecule has 0 radical (unpaired) electrons. The average Bonchev–Trinajstić information content (AvgIpc) is 3.30. The highest BCUT2D eigenvalue weighted by atomic mass is 35.5. The van der Waals surface area contributed by atoms with E-state index in [1.807, 2.05) is 36.5 Å². The molecule has 4 rings (SSSR count). The van der Waals surface area contributed by atoms with Crippen molar-refractivity contribution in [2.24, 2.45) is 10.9 Å². The van der Waals surface area contributed by atoms with Crippen LogP contribution in [0.5, 0.6) is 0 Å². The highest BCUT2D eigenvalue weighted by Crippen LogP contribution is 2.35. The van der Waals surface area contributed by atoms with Crippen molar-refractivity contribution in [3.8, 4) is 17.5 Å². The maximum atomic E-state index is 12.7. The molecule has 2 aliphatic rings. The first-order valence-electron chi connectivity index (χ1n) is 12.0. The van der Waals surface area contributed by atoms with E-state index in [4.69, 9.17) is 28.3 Å². The minimum atomic E-state index is -0.726. The van der Waals surface area contributed by atoms with E-state index < -0.39 is 5.54 Å². The number of amidine groups is 1. The highest BCUT2D eigenvalue weighted by Gasteiger charge is 2.42. The Bertz CT molecular complexity index is 1320. The van der Waals surface area contributed by atoms with Gasteiger partial charge in [-0.15, -0.1) is 5.92 Å². The molecule has 0 fully saturated rings. The Morgan fingerprint density at radius 1 is 1.23 bits per heavy atom. The molecule has 1 aromatic carbocycles. The van der Waals surface area contributed by atoms with Crippen LogP contribution in [0.2, 0.25) is 10.0 Å². The number of carbonyl (C=O) groups is 1. The summed E-state index contributed by atoms with van der Waals surface area (Å²) in [5.74, 6) is 7.21. The van der Waals surface area contributed by atoms with Crippen LogP contribution >= 0.6 is 23.2 Å². The van der Waals surface area contributed by atoms with Gasteiger partial charge in [0.15, 0.2) is 5.84 Å². The number of nitrogens with zero attached hydrogens (tertiary/aromatic N) is 4. The van der Waals surface area contributed by atoms with Gasteiger partial charge in [-0.1, -0.05) is 61.2 Å². The first-order chi connectivity index (χ1) is 16.7. The molecule has 1 aliphatic heterocycles. The second-order valence-electron chi connectivity index (χ2n) is 9.33. The fourth-order valence-electron chi connectivity index (χ4n) is 4.25. The van der Waals surface area contributed by atoms with Gasteiger partial charge in [0, 0.05) is 30.0 Å². The van der Waals surface area contributed by atoms with Crippen LogP contribution in [0.4, 0.5) is 0 Å². The number of allylic oxidation sites excluding steroid dienone is 4. The highest BCUT2D eigenvalue weighted by molar-refractivity contribution is 6.35. The Balaban J connectivity index is 1.87. The van der Waals surface area contributed by atoms with Crippen molar-refractivity contribution in [2.45, 2.75) is 58.9 Å². The van der Waals surface area contributed by atoms with Crippen LogP contribution in [0.1, 0.15) is 63.9 Å². The van der Waals surface area contributed by atoms with Crippen LogP contribution in [0.15, 0.2) is 41.4 Å². The van der Waals surface area contributed by atoms with Gasteiger partial charge in [0.1, 0.15) is 11.2 Å². The Kier molecular flexibility index (Phi) is 7.26. The molecule has 1 amide bonds. The lowest BCUT2D eigenvalue weighted by atomic mass is 9.93. The largest absolute Gasteiger partial charge is 0.343 e. The molecule has 0 spiro atoms. The molecular formula is C28H30Cl2N4O. The maximum absolute atomic E-state index is 12.7. The van der Waals surface area contributed by atoms with E-state index in [0.29, 0.717) is 28.0 Å². The Morgan fingerprint density at radius 2 is 2.00 bits per heavy atom. The number of hydrogen-bond donors (Lipinski definition) is 0. The standard InChI is InChI=1S/C28H30Cl2N4O/c1-6-8-9-10-18-11-13-19(14-12-18)25-21(7-2)24(26-31-27(35)28(3,4)33(26)5)32-34(25)23-16-15-20(29)17-22(23)30/h11,13-18H,6-8,12H2,1-5H3. The Hall–Kier alpha value is -2.81. The van der Waals surface area contributed by atoms with Crippen molar-refractivity contribution < 1.29 is 4.79 Å². The predicted octanol–water partition coefficient (Wildman–Crippen LogP) is 6.50. The number of likely N-dealkylation sites (N-methyl/N-ethyl adjacent to an activating group) is 1. The third kappa shape index (κ3) is 4.70. The third-order valence-electron chi connectivity index (χ3n) is 6.61. The lowest BCUT2D eigenvalue weighted by Gasteiger charge is -2.27. The summed E-state index contributed by atoms with van der Waals surface area (Å²) >= 11 is 12.8. The molecule has 1 aliphatic carbocycles. The molecular weight excluding hydrogens is 479 g/mol. The minimum absolute atomic E-state index is 0.178. The van der Waals surface area contributed by atoms with Crippen LogP contribution in [0.3, 0.4) is 0 Å². The predicted molar refractivity (Wildman–Crippen MR) is 144 cm³/mol. The quantitative estimate of drug-likeness (QED) is 0.433. The van der Waals surface area contributed by atoms with Crippen LogP contribution < -0.4 is 0 Å². The van der Waals surface area contributed by atoms with E-state index in [-0.39, 0.29) is 11.8 Å². The van der Waals surface area contributed by atoms with Crippen LogP contribution in [0.25, 0.3) is 11.3 Å². The number of halogens is 2. The first-order valence-corrected chi connectivity index (χ1v) is 12.8. The maximum Gasteiger partial charge on any atom is 0.273 e. The van der Waals surface area contributed by atoms with Crippen LogP contribution in [-0.2, 0) is 11.2 Å². The molecule has 7 heteroatoms. The second-order valence-corrected chi connectivity index (χ2v) is 10.2. The zero-order valence-electron chi connectivity index (χ0n) is 20.8. The number of aromatic nitrogens is 2. The molecule has 1 aromatic heterocycles. The summed E-state index contributed by atoms with van der Waals surface area (Å²) in [5.41, 5.74) is 3.69. The summed E-state index contributed by atoms with van der Waals surface area (Å²) in [4.78, 5) is 19.0. The van der Waals surface area contributed by atoms with E-state index in [1.165, 1.54) is 0 Å². The summed E-state index contributed by atoms with van der Waals surface area (Å²) in [5, 5.41) is 6.04. The minimum Gasteiger partial charge on any atom is -0.343 e. The normalized spacial score (nSPS) is 18.9. The van der Waals surface area contributed by atoms with Gasteiger partial charge in [-0.2, -0.15) is 10.1 Å². The summed E-state index contributed by atoms with van der Waals surface area (Å²) < 4.78 is 1.86. The smallest absolute Gasteiger partial charge is 0.273 e. The van der Waals surface area contributed by atoms with Crippen molar-refractivity contribution in [3.05, 3.63) is 63.4 Å². The summed E-state index contributed by atoms with van der Waals surface area (Å²) in [6.07, 6.45) is 9.99. The van der Waals surface area contributed by atoms with Gasteiger partial charge in [0.05, 0.1) is 16.4 Å². The van der Waals surface area contributed by atoms with E-state index in [1.54, 1.807) is 12.1 Å². The molecule has 0 bridgehead atoms. The van der Waals surface area contributed by atoms with Crippen LogP contribution in [0, 0.1) is 17.8 Å². The van der Waals surface area contributed by atoms with E-state index in [2.05, 4.69) is 48.9 Å². The number of hydrogen-bond acceptors (Lipinski definition) is 3. The molecule has 0 saturated carbocycles. The molecule has 5 nitrogen and oxygen atoms in total. The molecule has 1 unspecified atom stereocenters. The fraction of sp³-hybridized carbons (Fsp3) is 0.393. The molecule has 182 valence electrons. The summed E-state index contributed by atoms with van der Waals surface area (Å²) in [7, 11) is 1.89. The van der Waals surface area contributed by atoms with Gasteiger partial charge in [-0.05, 0) is 56.9 Å². The molecule has 2 heterocycles. The Morgan fingerprint density at radius 3 is 2.57 bits per heavy atom. The van der Waals surface area contributed by atoms with Crippen LogP contribution in [-0.4, -0.2) is 39.0 Å². The zero-order valence-corrected chi connectivity index (χ0v) is 22.3. The van der Waals surface area contributed by atoms with Gasteiger partial charge in [0.2, 0.25) is 0 Å². The lowest BCUT2D eigenvalue weighted by molar-refractivity contribution is -0.123. The molecule has 1 atom stereocenters. The van der Waals surface area contributed by atoms with Crippen molar-refractivity contribution in [1.82, 2.24) is 14.7 Å². The average molecular weight is 509 g/mol. The van der Waals surface area contributed by atoms with Gasteiger partial charge in [0.25, 0.3) is 5.91 Å². The van der Waals surface area contributed by atoms with E-state index in [0.717, 1.165) is 41.8 Å². The Labute approximate surface area is 217 Å². The molecule has 2 aromatic rings. The van der Waals surface area contributed by atoms with E-state index >= 15 is 0 Å². The van der Waals surface area contributed by atoms with Gasteiger partial charge in [-0.25, -0.2) is 4.68 Å². The molecule has 0 saturated heterocycles. The fourth-order valence-corrected chi connectivity index (χ4v) is 4.74. The topological polar surface area (TPSA) is 50.5 Å². The van der Waals surface area contributed by atoms with E-state index in [9.17, 15) is 4.79 Å². The summed E-state index contributed by atoms with van der Waals surface area (Å²) in [6.45, 7) is 7.97. The number of amides is 1. The SMILES string of the molecule is CCCC#CC1C=CC(c2c(CC)c(C3=NC(=O)C(C)(C)N3C)nn2-c2ccc(Cl)cc2Cl)=CC1. The van der Waals surface area contributed by atoms with Gasteiger partial charge in [-0.3, -0.25) is 4.79 Å². The zero-order chi connectivity index (χ0) is 25.3. The first kappa shape index (κ1) is 25.3. The molecule has 35 heavy (non-hydrogen) atoms. The van der Waals surface area contributed by atoms with Crippen molar-refractivity contribution in [1.29, 1.82) is 0 Å². The third-order valence-corrected chi connectivity index (χ3v) is 7.15. The molecule has 0 N–H and O–H groups in total. The monoisotopic (exact) mass is 508 g/mol. The number of aliphatic imine (C=N–C) groups is 1. The lowest BCUT2D eigenvalue weighted by Crippen LogP contribution is -2.44. The number of unbranched alkanes of at least 4 members (excludes halogenated alkanes) is 1. The van der Waals surface area contributed by atoms with Crippen molar-refractivity contribution in [3.63, 3.8) is 0 Å². The number of benzene rings is 1. The van der Waals surface area contributed by atoms with Gasteiger partial charge < -0.3 is 4.90 Å². The second kappa shape index (κ2) is 10.0. The van der Waals surface area contributed by atoms with Crippen molar-refractivity contribution >= 4 is 40.5 Å². The number of rotatable bonds is 5. The number of carbonyl (C=O) groups excluding carboxylic acids is 1. The van der Waals surface area contributed by atoms with Crippen molar-refractivity contribution in [2.75, 3.05) is 7.05 Å². The van der Waals surface area contributed by atoms with Gasteiger partial charge >= 0.3 is 0 Å². The summed E-state index contributed by atoms with van der Waals surface area (Å²) in [6, 6.07) is 5.38.